The maximum atomic E-state index is 12.4. The maximum Gasteiger partial charge on any atom is 0.338 e. The van der Waals surface area contributed by atoms with E-state index in [0.29, 0.717) is 16.7 Å². The number of benzene rings is 2. The van der Waals surface area contributed by atoms with Crippen LogP contribution in [0.3, 0.4) is 0 Å². The largest absolute Gasteiger partial charge is 0.452 e. The number of carbonyl (C=O) groups excluding carboxylic acids is 3. The molecule has 0 fully saturated rings. The van der Waals surface area contributed by atoms with Crippen molar-refractivity contribution < 1.29 is 19.1 Å². The topological polar surface area (TPSA) is 72.5 Å². The lowest BCUT2D eigenvalue weighted by atomic mass is 10.0. The molecule has 0 aliphatic rings. The normalized spacial score (nSPS) is 11.5. The number of esters is 1. The van der Waals surface area contributed by atoms with Crippen LogP contribution in [0.15, 0.2) is 54.6 Å². The Bertz CT molecular complexity index is 784. The summed E-state index contributed by atoms with van der Waals surface area (Å²) >= 11 is 0. The molecule has 1 N–H and O–H groups in total. The van der Waals surface area contributed by atoms with Crippen molar-refractivity contribution in [3.8, 4) is 0 Å². The number of ether oxygens (including phenoxy) is 1. The molecule has 1 atom stereocenters. The number of hydrogen-bond acceptors (Lipinski definition) is 4. The van der Waals surface area contributed by atoms with Crippen molar-refractivity contribution in [2.45, 2.75) is 45.6 Å². The number of unbranched alkanes of at least 4 members (excludes halogenated alkanes) is 2. The Hall–Kier alpha value is -2.95. The average Bonchev–Trinajstić information content (AvgIpc) is 2.72. The molecular weight excluding hydrogens is 354 g/mol. The van der Waals surface area contributed by atoms with Gasteiger partial charge in [0, 0.05) is 17.2 Å². The van der Waals surface area contributed by atoms with Crippen LogP contribution in [0.4, 0.5) is 0 Å². The zero-order valence-corrected chi connectivity index (χ0v) is 16.4. The highest BCUT2D eigenvalue weighted by atomic mass is 16.5. The third kappa shape index (κ3) is 6.65. The minimum absolute atomic E-state index is 0.0565. The van der Waals surface area contributed by atoms with E-state index in [1.54, 1.807) is 36.4 Å². The van der Waals surface area contributed by atoms with Gasteiger partial charge in [0.25, 0.3) is 5.91 Å². The Morgan fingerprint density at radius 2 is 1.50 bits per heavy atom. The Balaban J connectivity index is 1.83. The first-order valence-corrected chi connectivity index (χ1v) is 9.67. The van der Waals surface area contributed by atoms with E-state index in [4.69, 9.17) is 4.74 Å². The molecule has 0 saturated carbocycles. The molecule has 2 aromatic rings. The van der Waals surface area contributed by atoms with Crippen LogP contribution in [0.25, 0.3) is 0 Å². The molecule has 5 heteroatoms. The van der Waals surface area contributed by atoms with Crippen molar-refractivity contribution >= 4 is 17.7 Å². The molecule has 0 saturated heterocycles. The average molecular weight is 381 g/mol. The minimum Gasteiger partial charge on any atom is -0.452 e. The molecule has 0 aliphatic carbocycles. The zero-order chi connectivity index (χ0) is 20.4. The molecule has 0 spiro atoms. The molecule has 0 unspecified atom stereocenters. The lowest BCUT2D eigenvalue weighted by Crippen LogP contribution is -2.35. The highest BCUT2D eigenvalue weighted by Crippen LogP contribution is 2.12. The van der Waals surface area contributed by atoms with Crippen molar-refractivity contribution in [1.29, 1.82) is 0 Å². The summed E-state index contributed by atoms with van der Waals surface area (Å²) in [6.07, 6.45) is 4.24. The lowest BCUT2D eigenvalue weighted by Gasteiger charge is -2.13. The molecule has 28 heavy (non-hydrogen) atoms. The lowest BCUT2D eigenvalue weighted by molar-refractivity contribution is -0.124. The maximum absolute atomic E-state index is 12.4. The SMILES string of the molecule is CCCCC[C@H](C)NC(=O)COC(=O)c1ccc(C(=O)c2ccccc2)cc1. The second kappa shape index (κ2) is 11.0. The Morgan fingerprint density at radius 3 is 2.14 bits per heavy atom. The molecule has 2 rings (SSSR count). The smallest absolute Gasteiger partial charge is 0.338 e. The van der Waals surface area contributed by atoms with Gasteiger partial charge in [-0.3, -0.25) is 9.59 Å². The molecule has 0 aromatic heterocycles. The van der Waals surface area contributed by atoms with Gasteiger partial charge >= 0.3 is 5.97 Å². The number of nitrogens with one attached hydrogen (secondary N) is 1. The van der Waals surface area contributed by atoms with Crippen molar-refractivity contribution in [3.05, 3.63) is 71.3 Å². The summed E-state index contributed by atoms with van der Waals surface area (Å²) in [6, 6.07) is 15.2. The highest BCUT2D eigenvalue weighted by Gasteiger charge is 2.14. The zero-order valence-electron chi connectivity index (χ0n) is 16.4. The summed E-state index contributed by atoms with van der Waals surface area (Å²) in [5, 5.41) is 2.83. The van der Waals surface area contributed by atoms with Gasteiger partial charge < -0.3 is 10.1 Å². The Morgan fingerprint density at radius 1 is 0.893 bits per heavy atom. The second-order valence-corrected chi connectivity index (χ2v) is 6.81. The van der Waals surface area contributed by atoms with E-state index in [1.807, 2.05) is 13.0 Å². The summed E-state index contributed by atoms with van der Waals surface area (Å²) < 4.78 is 5.07. The van der Waals surface area contributed by atoms with Gasteiger partial charge in [0.05, 0.1) is 5.56 Å². The number of amides is 1. The van der Waals surface area contributed by atoms with Crippen molar-refractivity contribution in [1.82, 2.24) is 5.32 Å². The number of carbonyl (C=O) groups is 3. The quantitative estimate of drug-likeness (QED) is 0.381. The number of rotatable bonds is 10. The minimum atomic E-state index is -0.590. The van der Waals surface area contributed by atoms with E-state index < -0.39 is 5.97 Å². The van der Waals surface area contributed by atoms with Gasteiger partial charge in [-0.15, -0.1) is 0 Å². The molecular formula is C23H27NO4. The first kappa shape index (κ1) is 21.4. The van der Waals surface area contributed by atoms with Crippen LogP contribution >= 0.6 is 0 Å². The van der Waals surface area contributed by atoms with E-state index >= 15 is 0 Å². The van der Waals surface area contributed by atoms with Crippen LogP contribution in [0.5, 0.6) is 0 Å². The third-order valence-electron chi connectivity index (χ3n) is 4.40. The van der Waals surface area contributed by atoms with Gasteiger partial charge in [0.2, 0.25) is 0 Å². The number of ketones is 1. The fourth-order valence-electron chi connectivity index (χ4n) is 2.82. The summed E-state index contributed by atoms with van der Waals surface area (Å²) in [6.45, 7) is 3.76. The van der Waals surface area contributed by atoms with Gasteiger partial charge in [0.1, 0.15) is 0 Å². The third-order valence-corrected chi connectivity index (χ3v) is 4.40. The molecule has 0 heterocycles. The first-order valence-electron chi connectivity index (χ1n) is 9.67. The van der Waals surface area contributed by atoms with Gasteiger partial charge in [-0.05, 0) is 25.5 Å². The van der Waals surface area contributed by atoms with Crippen LogP contribution in [0, 0.1) is 0 Å². The van der Waals surface area contributed by atoms with Gasteiger partial charge in [-0.2, -0.15) is 0 Å². The molecule has 1 amide bonds. The van der Waals surface area contributed by atoms with Crippen molar-refractivity contribution in [3.63, 3.8) is 0 Å². The van der Waals surface area contributed by atoms with E-state index in [-0.39, 0.29) is 24.3 Å². The van der Waals surface area contributed by atoms with E-state index in [9.17, 15) is 14.4 Å². The fourth-order valence-corrected chi connectivity index (χ4v) is 2.82. The van der Waals surface area contributed by atoms with Gasteiger partial charge in [-0.25, -0.2) is 4.79 Å². The van der Waals surface area contributed by atoms with Crippen LogP contribution in [0.2, 0.25) is 0 Å². The van der Waals surface area contributed by atoms with Crippen LogP contribution in [0.1, 0.15) is 65.8 Å². The first-order chi connectivity index (χ1) is 13.5. The molecule has 5 nitrogen and oxygen atoms in total. The summed E-state index contributed by atoms with van der Waals surface area (Å²) in [4.78, 5) is 36.4. The standard InChI is InChI=1S/C23H27NO4/c1-3-4-6-9-17(2)24-21(25)16-28-23(27)20-14-12-19(13-15-20)22(26)18-10-7-5-8-11-18/h5,7-8,10-15,17H,3-4,6,9,16H2,1-2H3,(H,24,25)/t17-/m0/s1. The van der Waals surface area contributed by atoms with Gasteiger partial charge in [0.15, 0.2) is 12.4 Å². The van der Waals surface area contributed by atoms with E-state index in [2.05, 4.69) is 12.2 Å². The van der Waals surface area contributed by atoms with E-state index in [1.165, 1.54) is 12.1 Å². The van der Waals surface area contributed by atoms with Crippen molar-refractivity contribution in [2.24, 2.45) is 0 Å². The molecule has 0 aliphatic heterocycles. The summed E-state index contributed by atoms with van der Waals surface area (Å²) in [5.74, 6) is -1.02. The summed E-state index contributed by atoms with van der Waals surface area (Å²) in [7, 11) is 0. The molecule has 0 bridgehead atoms. The monoisotopic (exact) mass is 381 g/mol. The Kier molecular flexibility index (Phi) is 8.40. The molecule has 2 aromatic carbocycles. The van der Waals surface area contributed by atoms with Crippen molar-refractivity contribution in [2.75, 3.05) is 6.61 Å². The summed E-state index contributed by atoms with van der Waals surface area (Å²) in [5.41, 5.74) is 1.37. The van der Waals surface area contributed by atoms with E-state index in [0.717, 1.165) is 25.7 Å². The van der Waals surface area contributed by atoms with Gasteiger partial charge in [-0.1, -0.05) is 68.7 Å². The fraction of sp³-hybridized carbons (Fsp3) is 0.348. The van der Waals surface area contributed by atoms with Crippen LogP contribution in [-0.4, -0.2) is 30.3 Å². The highest BCUT2D eigenvalue weighted by molar-refractivity contribution is 6.09. The predicted molar refractivity (Wildman–Crippen MR) is 108 cm³/mol. The second-order valence-electron chi connectivity index (χ2n) is 6.81. The molecule has 0 radical (unpaired) electrons. The number of hydrogen-bond donors (Lipinski definition) is 1. The molecule has 148 valence electrons. The Labute approximate surface area is 166 Å². The van der Waals surface area contributed by atoms with Crippen LogP contribution < -0.4 is 5.32 Å². The van der Waals surface area contributed by atoms with Crippen LogP contribution in [-0.2, 0) is 9.53 Å². The predicted octanol–water partition coefficient (Wildman–Crippen LogP) is 4.16.